The molecule has 0 aromatic heterocycles. The van der Waals surface area contributed by atoms with E-state index in [1.165, 1.54) is 6.92 Å². The number of rotatable bonds is 5. The number of nitrogens with one attached hydrogen (secondary N) is 3. The zero-order valence-corrected chi connectivity index (χ0v) is 12.3. The van der Waals surface area contributed by atoms with Crippen LogP contribution in [-0.4, -0.2) is 43.5 Å². The van der Waals surface area contributed by atoms with Crippen molar-refractivity contribution in [2.24, 2.45) is 0 Å². The van der Waals surface area contributed by atoms with Crippen molar-refractivity contribution in [3.05, 3.63) is 35.9 Å². The number of carbonyl (C=O) groups is 3. The number of amides is 3. The lowest BCUT2D eigenvalue weighted by Crippen LogP contribution is -2.53. The molecule has 7 nitrogen and oxygen atoms in total. The van der Waals surface area contributed by atoms with Gasteiger partial charge in [-0.25, -0.2) is 0 Å². The second kappa shape index (κ2) is 7.56. The first kappa shape index (κ1) is 16.0. The number of morpholine rings is 1. The molecule has 1 fully saturated rings. The minimum Gasteiger partial charge on any atom is -0.356 e. The maximum atomic E-state index is 12.2. The summed E-state index contributed by atoms with van der Waals surface area (Å²) in [5.41, 5.74) is 0.803. The Morgan fingerprint density at radius 1 is 1.23 bits per heavy atom. The molecule has 22 heavy (non-hydrogen) atoms. The van der Waals surface area contributed by atoms with Crippen molar-refractivity contribution in [1.82, 2.24) is 16.0 Å². The highest BCUT2D eigenvalue weighted by molar-refractivity contribution is 5.86. The van der Waals surface area contributed by atoms with E-state index in [2.05, 4.69) is 16.0 Å². The van der Waals surface area contributed by atoms with Gasteiger partial charge in [0, 0.05) is 20.0 Å². The molecule has 1 aliphatic heterocycles. The summed E-state index contributed by atoms with van der Waals surface area (Å²) in [6.45, 7) is 1.91. The third-order valence-corrected chi connectivity index (χ3v) is 3.23. The molecule has 0 saturated carbocycles. The van der Waals surface area contributed by atoms with Gasteiger partial charge in [-0.15, -0.1) is 0 Å². The fraction of sp³-hybridized carbons (Fsp3) is 0.400. The van der Waals surface area contributed by atoms with Crippen molar-refractivity contribution in [1.29, 1.82) is 0 Å². The fourth-order valence-corrected chi connectivity index (χ4v) is 2.22. The zero-order valence-electron chi connectivity index (χ0n) is 12.3. The molecule has 0 aliphatic carbocycles. The van der Waals surface area contributed by atoms with Gasteiger partial charge in [0.1, 0.15) is 6.61 Å². The minimum absolute atomic E-state index is 0.146. The molecule has 118 valence electrons. The highest BCUT2D eigenvalue weighted by atomic mass is 16.5. The predicted octanol–water partition coefficient (Wildman–Crippen LogP) is -0.505. The number of ether oxygens (including phenoxy) is 1. The maximum absolute atomic E-state index is 12.2. The van der Waals surface area contributed by atoms with Gasteiger partial charge in [-0.3, -0.25) is 14.4 Å². The van der Waals surface area contributed by atoms with E-state index in [1.54, 1.807) is 0 Å². The molecule has 3 N–H and O–H groups in total. The largest absolute Gasteiger partial charge is 0.356 e. The summed E-state index contributed by atoms with van der Waals surface area (Å²) in [6, 6.07) is 8.67. The third kappa shape index (κ3) is 4.29. The molecule has 0 bridgehead atoms. The Bertz CT molecular complexity index is 547. The molecule has 0 unspecified atom stereocenters. The maximum Gasteiger partial charge on any atom is 0.251 e. The highest BCUT2D eigenvalue weighted by Gasteiger charge is 2.35. The number of carbonyl (C=O) groups excluding carboxylic acids is 3. The Morgan fingerprint density at radius 2 is 1.91 bits per heavy atom. The van der Waals surface area contributed by atoms with Crippen LogP contribution in [0.15, 0.2) is 30.3 Å². The molecule has 1 aromatic carbocycles. The molecule has 7 heteroatoms. The summed E-state index contributed by atoms with van der Waals surface area (Å²) < 4.78 is 5.39. The van der Waals surface area contributed by atoms with Crippen LogP contribution in [0.4, 0.5) is 0 Å². The lowest BCUT2D eigenvalue weighted by molar-refractivity contribution is -0.148. The van der Waals surface area contributed by atoms with E-state index in [-0.39, 0.29) is 24.3 Å². The Balaban J connectivity index is 1.98. The van der Waals surface area contributed by atoms with Gasteiger partial charge in [-0.05, 0) is 5.56 Å². The van der Waals surface area contributed by atoms with Gasteiger partial charge in [0.25, 0.3) is 5.91 Å². The molecule has 1 aromatic rings. The third-order valence-electron chi connectivity index (χ3n) is 3.23. The van der Waals surface area contributed by atoms with Crippen LogP contribution in [0.3, 0.4) is 0 Å². The fourth-order valence-electron chi connectivity index (χ4n) is 2.22. The van der Waals surface area contributed by atoms with Gasteiger partial charge in [0.2, 0.25) is 11.8 Å². The number of hydrogen-bond acceptors (Lipinski definition) is 4. The van der Waals surface area contributed by atoms with Crippen LogP contribution in [0.25, 0.3) is 0 Å². The quantitative estimate of drug-likeness (QED) is 0.639. The predicted molar refractivity (Wildman–Crippen MR) is 78.8 cm³/mol. The zero-order chi connectivity index (χ0) is 15.9. The van der Waals surface area contributed by atoms with E-state index < -0.39 is 12.1 Å². The Hall–Kier alpha value is -2.41. The minimum atomic E-state index is -0.794. The van der Waals surface area contributed by atoms with Gasteiger partial charge >= 0.3 is 0 Å². The average Bonchev–Trinajstić information content (AvgIpc) is 2.52. The number of benzene rings is 1. The van der Waals surface area contributed by atoms with Crippen LogP contribution >= 0.6 is 0 Å². The van der Waals surface area contributed by atoms with E-state index >= 15 is 0 Å². The molecule has 0 radical (unpaired) electrons. The van der Waals surface area contributed by atoms with Crippen LogP contribution in [0, 0.1) is 0 Å². The van der Waals surface area contributed by atoms with Crippen LogP contribution in [-0.2, 0) is 19.1 Å². The van der Waals surface area contributed by atoms with Crippen LogP contribution in [0.1, 0.15) is 18.5 Å². The summed E-state index contributed by atoms with van der Waals surface area (Å²) in [4.78, 5) is 34.5. The summed E-state index contributed by atoms with van der Waals surface area (Å²) in [7, 11) is 0. The Morgan fingerprint density at radius 3 is 2.59 bits per heavy atom. The molecular weight excluding hydrogens is 286 g/mol. The standard InChI is InChI=1S/C15H19N3O4/c1-10(19)16-7-8-17-15(21)14-13(18-12(20)9-22-14)11-5-3-2-4-6-11/h2-6,13-14H,7-9H2,1H3,(H,16,19)(H,17,21)(H,18,20)/t13-,14+/m1/s1. The van der Waals surface area contributed by atoms with Crippen molar-refractivity contribution in [2.45, 2.75) is 19.1 Å². The van der Waals surface area contributed by atoms with Crippen molar-refractivity contribution in [3.63, 3.8) is 0 Å². The second-order valence-electron chi connectivity index (χ2n) is 4.96. The SMILES string of the molecule is CC(=O)NCCNC(=O)[C@H]1OCC(=O)N[C@@H]1c1ccccc1. The summed E-state index contributed by atoms with van der Waals surface area (Å²) in [5.74, 6) is -0.729. The first-order valence-electron chi connectivity index (χ1n) is 7.06. The smallest absolute Gasteiger partial charge is 0.251 e. The lowest BCUT2D eigenvalue weighted by atomic mass is 9.99. The molecule has 3 amide bonds. The van der Waals surface area contributed by atoms with E-state index in [0.29, 0.717) is 13.1 Å². The Kier molecular flexibility index (Phi) is 5.48. The van der Waals surface area contributed by atoms with Crippen LogP contribution in [0.2, 0.25) is 0 Å². The van der Waals surface area contributed by atoms with E-state index in [1.807, 2.05) is 30.3 Å². The topological polar surface area (TPSA) is 96.5 Å². The van der Waals surface area contributed by atoms with Crippen LogP contribution < -0.4 is 16.0 Å². The van der Waals surface area contributed by atoms with Crippen molar-refractivity contribution >= 4 is 17.7 Å². The van der Waals surface area contributed by atoms with Crippen LogP contribution in [0.5, 0.6) is 0 Å². The average molecular weight is 305 g/mol. The first-order valence-corrected chi connectivity index (χ1v) is 7.06. The van der Waals surface area contributed by atoms with E-state index in [0.717, 1.165) is 5.56 Å². The Labute approximate surface area is 128 Å². The molecular formula is C15H19N3O4. The van der Waals surface area contributed by atoms with Gasteiger partial charge in [-0.2, -0.15) is 0 Å². The monoisotopic (exact) mass is 305 g/mol. The highest BCUT2D eigenvalue weighted by Crippen LogP contribution is 2.22. The van der Waals surface area contributed by atoms with Crippen molar-refractivity contribution in [2.75, 3.05) is 19.7 Å². The molecule has 2 rings (SSSR count). The van der Waals surface area contributed by atoms with E-state index in [9.17, 15) is 14.4 Å². The number of hydrogen-bond donors (Lipinski definition) is 3. The van der Waals surface area contributed by atoms with Gasteiger partial charge in [0.15, 0.2) is 6.10 Å². The van der Waals surface area contributed by atoms with Gasteiger partial charge in [0.05, 0.1) is 6.04 Å². The summed E-state index contributed by atoms with van der Waals surface area (Å²) in [5, 5.41) is 8.06. The van der Waals surface area contributed by atoms with Crippen molar-refractivity contribution in [3.8, 4) is 0 Å². The summed E-state index contributed by atoms with van der Waals surface area (Å²) >= 11 is 0. The molecule has 0 spiro atoms. The summed E-state index contributed by atoms with van der Waals surface area (Å²) in [6.07, 6.45) is -0.794. The molecule has 2 atom stereocenters. The van der Waals surface area contributed by atoms with Gasteiger partial charge in [-0.1, -0.05) is 30.3 Å². The molecule has 1 saturated heterocycles. The molecule has 1 aliphatic rings. The van der Waals surface area contributed by atoms with Gasteiger partial charge < -0.3 is 20.7 Å². The lowest BCUT2D eigenvalue weighted by Gasteiger charge is -2.31. The normalized spacial score (nSPS) is 20.9. The van der Waals surface area contributed by atoms with Crippen molar-refractivity contribution < 1.29 is 19.1 Å². The first-order chi connectivity index (χ1) is 10.6. The molecule has 1 heterocycles. The second-order valence-corrected chi connectivity index (χ2v) is 4.96. The van der Waals surface area contributed by atoms with E-state index in [4.69, 9.17) is 4.74 Å².